The quantitative estimate of drug-likeness (QED) is 0.683. The molecule has 0 atom stereocenters. The fourth-order valence-electron chi connectivity index (χ4n) is 3.38. The van der Waals surface area contributed by atoms with Gasteiger partial charge in [0.1, 0.15) is 0 Å². The van der Waals surface area contributed by atoms with Gasteiger partial charge < -0.3 is 10.2 Å². The number of hydrogen-bond donors (Lipinski definition) is 1. The Kier molecular flexibility index (Phi) is 6.26. The number of hydrogen-bond acceptors (Lipinski definition) is 3. The fourth-order valence-corrected chi connectivity index (χ4v) is 3.38. The molecule has 0 fully saturated rings. The molecule has 3 rings (SSSR count). The Morgan fingerprint density at radius 2 is 1.86 bits per heavy atom. The van der Waals surface area contributed by atoms with Gasteiger partial charge in [-0.2, -0.15) is 5.10 Å². The van der Waals surface area contributed by atoms with Crippen LogP contribution in [-0.2, 0) is 19.5 Å². The number of rotatable bonds is 7. The van der Waals surface area contributed by atoms with Crippen LogP contribution in [0.1, 0.15) is 39.7 Å². The van der Waals surface area contributed by atoms with E-state index in [-0.39, 0.29) is 5.91 Å². The summed E-state index contributed by atoms with van der Waals surface area (Å²) >= 11 is 0. The van der Waals surface area contributed by atoms with Crippen molar-refractivity contribution in [2.45, 2.75) is 33.4 Å². The first-order valence-electron chi connectivity index (χ1n) is 9.63. The average molecular weight is 377 g/mol. The Bertz CT molecular complexity index is 959. The second-order valence-corrected chi connectivity index (χ2v) is 7.30. The third kappa shape index (κ3) is 4.49. The number of benzene rings is 2. The SMILES string of the molecule is CCc1c(C(=O)NCc2ccccc2CN(C)C)cnn1-c1cccc(C)c1. The predicted octanol–water partition coefficient (Wildman–Crippen LogP) is 3.73. The molecule has 1 aromatic heterocycles. The topological polar surface area (TPSA) is 50.2 Å². The van der Waals surface area contributed by atoms with Gasteiger partial charge in [-0.05, 0) is 56.3 Å². The molecule has 1 amide bonds. The number of carbonyl (C=O) groups excluding carboxylic acids is 1. The van der Waals surface area contributed by atoms with Crippen LogP contribution < -0.4 is 5.32 Å². The van der Waals surface area contributed by atoms with E-state index in [1.165, 1.54) is 11.1 Å². The van der Waals surface area contributed by atoms with Gasteiger partial charge >= 0.3 is 0 Å². The second kappa shape index (κ2) is 8.85. The summed E-state index contributed by atoms with van der Waals surface area (Å²) in [6.45, 7) is 5.45. The number of nitrogens with one attached hydrogen (secondary N) is 1. The van der Waals surface area contributed by atoms with Crippen LogP contribution in [-0.4, -0.2) is 34.7 Å². The molecule has 0 aliphatic rings. The molecule has 146 valence electrons. The van der Waals surface area contributed by atoms with Gasteiger partial charge in [0.2, 0.25) is 0 Å². The molecule has 0 saturated heterocycles. The monoisotopic (exact) mass is 376 g/mol. The van der Waals surface area contributed by atoms with E-state index in [0.29, 0.717) is 12.1 Å². The first kappa shape index (κ1) is 19.8. The molecule has 3 aromatic rings. The van der Waals surface area contributed by atoms with Gasteiger partial charge in [-0.1, -0.05) is 43.3 Å². The van der Waals surface area contributed by atoms with E-state index in [4.69, 9.17) is 0 Å². The Labute approximate surface area is 167 Å². The maximum Gasteiger partial charge on any atom is 0.255 e. The average Bonchev–Trinajstić information content (AvgIpc) is 3.11. The van der Waals surface area contributed by atoms with Crippen molar-refractivity contribution in [3.8, 4) is 5.69 Å². The van der Waals surface area contributed by atoms with Gasteiger partial charge in [0, 0.05) is 13.1 Å². The van der Waals surface area contributed by atoms with Crippen molar-refractivity contribution >= 4 is 5.91 Å². The van der Waals surface area contributed by atoms with Crippen molar-refractivity contribution in [3.63, 3.8) is 0 Å². The zero-order chi connectivity index (χ0) is 20.1. The largest absolute Gasteiger partial charge is 0.348 e. The highest BCUT2D eigenvalue weighted by molar-refractivity contribution is 5.95. The first-order valence-corrected chi connectivity index (χ1v) is 9.63. The summed E-state index contributed by atoms with van der Waals surface area (Å²) in [6.07, 6.45) is 2.40. The van der Waals surface area contributed by atoms with Crippen molar-refractivity contribution in [2.24, 2.45) is 0 Å². The van der Waals surface area contributed by atoms with E-state index >= 15 is 0 Å². The van der Waals surface area contributed by atoms with Crippen molar-refractivity contribution in [2.75, 3.05) is 14.1 Å². The Morgan fingerprint density at radius 1 is 1.11 bits per heavy atom. The molecule has 0 bridgehead atoms. The van der Waals surface area contributed by atoms with E-state index in [0.717, 1.165) is 29.9 Å². The van der Waals surface area contributed by atoms with Crippen LogP contribution in [0, 0.1) is 6.92 Å². The Balaban J connectivity index is 1.79. The highest BCUT2D eigenvalue weighted by atomic mass is 16.1. The van der Waals surface area contributed by atoms with E-state index in [9.17, 15) is 4.79 Å². The summed E-state index contributed by atoms with van der Waals surface area (Å²) in [6, 6.07) is 16.4. The van der Waals surface area contributed by atoms with Crippen LogP contribution >= 0.6 is 0 Å². The lowest BCUT2D eigenvalue weighted by atomic mass is 10.1. The normalized spacial score (nSPS) is 11.0. The Hall–Kier alpha value is -2.92. The molecule has 5 nitrogen and oxygen atoms in total. The summed E-state index contributed by atoms with van der Waals surface area (Å²) in [4.78, 5) is 15.0. The summed E-state index contributed by atoms with van der Waals surface area (Å²) in [7, 11) is 4.09. The minimum atomic E-state index is -0.0876. The minimum absolute atomic E-state index is 0.0876. The van der Waals surface area contributed by atoms with Gasteiger partial charge in [-0.25, -0.2) is 4.68 Å². The molecule has 28 heavy (non-hydrogen) atoms. The number of aromatic nitrogens is 2. The predicted molar refractivity (Wildman–Crippen MR) is 113 cm³/mol. The van der Waals surface area contributed by atoms with Crippen LogP contribution in [0.2, 0.25) is 0 Å². The maximum absolute atomic E-state index is 12.9. The highest BCUT2D eigenvalue weighted by Gasteiger charge is 2.17. The molecule has 0 spiro atoms. The first-order chi connectivity index (χ1) is 13.5. The van der Waals surface area contributed by atoms with Crippen LogP contribution in [0.3, 0.4) is 0 Å². The molecule has 5 heteroatoms. The van der Waals surface area contributed by atoms with Gasteiger partial charge in [-0.15, -0.1) is 0 Å². The highest BCUT2D eigenvalue weighted by Crippen LogP contribution is 2.17. The van der Waals surface area contributed by atoms with Gasteiger partial charge in [0.25, 0.3) is 5.91 Å². The second-order valence-electron chi connectivity index (χ2n) is 7.30. The molecule has 1 heterocycles. The molecular formula is C23H28N4O. The molecule has 0 unspecified atom stereocenters. The molecular weight excluding hydrogens is 348 g/mol. The molecule has 0 aliphatic carbocycles. The molecule has 2 aromatic carbocycles. The molecule has 0 radical (unpaired) electrons. The lowest BCUT2D eigenvalue weighted by Crippen LogP contribution is -2.25. The third-order valence-corrected chi connectivity index (χ3v) is 4.74. The third-order valence-electron chi connectivity index (χ3n) is 4.74. The Morgan fingerprint density at radius 3 is 2.54 bits per heavy atom. The summed E-state index contributed by atoms with van der Waals surface area (Å²) in [5, 5.41) is 7.55. The van der Waals surface area contributed by atoms with E-state index in [2.05, 4.69) is 46.5 Å². The zero-order valence-electron chi connectivity index (χ0n) is 17.1. The maximum atomic E-state index is 12.9. The summed E-state index contributed by atoms with van der Waals surface area (Å²) in [5.41, 5.74) is 6.05. The van der Waals surface area contributed by atoms with Gasteiger partial charge in [-0.3, -0.25) is 4.79 Å². The number of carbonyl (C=O) groups is 1. The van der Waals surface area contributed by atoms with Crippen molar-refractivity contribution in [1.29, 1.82) is 0 Å². The summed E-state index contributed by atoms with van der Waals surface area (Å²) in [5.74, 6) is -0.0876. The molecule has 0 aliphatic heterocycles. The van der Waals surface area contributed by atoms with E-state index < -0.39 is 0 Å². The minimum Gasteiger partial charge on any atom is -0.348 e. The van der Waals surface area contributed by atoms with Crippen molar-refractivity contribution < 1.29 is 4.79 Å². The lowest BCUT2D eigenvalue weighted by molar-refractivity contribution is 0.0950. The van der Waals surface area contributed by atoms with Crippen LogP contribution in [0.25, 0.3) is 5.69 Å². The zero-order valence-corrected chi connectivity index (χ0v) is 17.1. The molecule has 1 N–H and O–H groups in total. The fraction of sp³-hybridized carbons (Fsp3) is 0.304. The van der Waals surface area contributed by atoms with Crippen LogP contribution in [0.4, 0.5) is 0 Å². The van der Waals surface area contributed by atoms with E-state index in [1.54, 1.807) is 6.20 Å². The number of amides is 1. The van der Waals surface area contributed by atoms with Crippen LogP contribution in [0.15, 0.2) is 54.7 Å². The number of nitrogens with zero attached hydrogens (tertiary/aromatic N) is 3. The van der Waals surface area contributed by atoms with Crippen molar-refractivity contribution in [1.82, 2.24) is 20.0 Å². The van der Waals surface area contributed by atoms with Crippen LogP contribution in [0.5, 0.6) is 0 Å². The van der Waals surface area contributed by atoms with Crippen molar-refractivity contribution in [3.05, 3.63) is 82.7 Å². The van der Waals surface area contributed by atoms with Gasteiger partial charge in [0.15, 0.2) is 0 Å². The number of aryl methyl sites for hydroxylation is 1. The summed E-state index contributed by atoms with van der Waals surface area (Å²) < 4.78 is 1.86. The smallest absolute Gasteiger partial charge is 0.255 e. The van der Waals surface area contributed by atoms with E-state index in [1.807, 2.05) is 50.0 Å². The van der Waals surface area contributed by atoms with Gasteiger partial charge in [0.05, 0.1) is 23.1 Å². The molecule has 0 saturated carbocycles. The lowest BCUT2D eigenvalue weighted by Gasteiger charge is -2.15. The standard InChI is InChI=1S/C23H28N4O/c1-5-22-21(15-25-27(22)20-12-8-9-17(2)13-20)23(28)24-14-18-10-6-7-11-19(18)16-26(3)4/h6-13,15H,5,14,16H2,1-4H3,(H,24,28).